The van der Waals surface area contributed by atoms with Crippen LogP contribution in [0.1, 0.15) is 0 Å². The van der Waals surface area contributed by atoms with E-state index in [0.29, 0.717) is 5.15 Å². The van der Waals surface area contributed by atoms with Gasteiger partial charge in [0.15, 0.2) is 0 Å². The van der Waals surface area contributed by atoms with Crippen LogP contribution >= 0.6 is 34.5 Å². The average molecular weight is 254 g/mol. The summed E-state index contributed by atoms with van der Waals surface area (Å²) in [6, 6.07) is 7.85. The first-order chi connectivity index (χ1) is 7.25. The van der Waals surface area contributed by atoms with E-state index in [9.17, 15) is 0 Å². The average Bonchev–Trinajstić information content (AvgIpc) is 2.57. The summed E-state index contributed by atoms with van der Waals surface area (Å²) in [5, 5.41) is 3.64. The lowest BCUT2D eigenvalue weighted by Crippen LogP contribution is -1.72. The number of fused-ring (bicyclic) bond motifs is 3. The number of aromatic nitrogens is 1. The van der Waals surface area contributed by atoms with Crippen molar-refractivity contribution in [2.75, 3.05) is 0 Å². The van der Waals surface area contributed by atoms with Gasteiger partial charge in [-0.25, -0.2) is 4.98 Å². The van der Waals surface area contributed by atoms with Crippen LogP contribution in [0.3, 0.4) is 0 Å². The highest BCUT2D eigenvalue weighted by Gasteiger charge is 2.08. The maximum absolute atomic E-state index is 6.03. The summed E-state index contributed by atoms with van der Waals surface area (Å²) in [6.45, 7) is 0. The van der Waals surface area contributed by atoms with Gasteiger partial charge in [-0.15, -0.1) is 11.3 Å². The fraction of sp³-hybridized carbons (Fsp3) is 0. The third-order valence-electron chi connectivity index (χ3n) is 2.31. The molecule has 0 aliphatic rings. The Kier molecular flexibility index (Phi) is 2.09. The second kappa shape index (κ2) is 3.34. The number of pyridine rings is 1. The third kappa shape index (κ3) is 1.41. The van der Waals surface area contributed by atoms with Gasteiger partial charge < -0.3 is 0 Å². The van der Waals surface area contributed by atoms with Gasteiger partial charge in [0.25, 0.3) is 0 Å². The van der Waals surface area contributed by atoms with Crippen LogP contribution in [0, 0.1) is 0 Å². The Hall–Kier alpha value is -0.830. The predicted octanol–water partition coefficient (Wildman–Crippen LogP) is 4.76. The van der Waals surface area contributed by atoms with Crippen LogP contribution in [0.2, 0.25) is 10.2 Å². The topological polar surface area (TPSA) is 12.9 Å². The number of thiophene rings is 1. The zero-order chi connectivity index (χ0) is 10.4. The molecule has 1 nitrogen and oxygen atoms in total. The molecule has 0 N–H and O–H groups in total. The minimum atomic E-state index is 0.560. The first-order valence-corrected chi connectivity index (χ1v) is 5.95. The maximum Gasteiger partial charge on any atom is 0.146 e. The van der Waals surface area contributed by atoms with Crippen LogP contribution in [0.15, 0.2) is 30.5 Å². The van der Waals surface area contributed by atoms with E-state index in [4.69, 9.17) is 23.2 Å². The van der Waals surface area contributed by atoms with Gasteiger partial charge in [-0.2, -0.15) is 0 Å². The van der Waals surface area contributed by atoms with E-state index in [1.165, 1.54) is 5.39 Å². The molecule has 3 rings (SSSR count). The highest BCUT2D eigenvalue weighted by atomic mass is 35.5. The monoisotopic (exact) mass is 253 g/mol. The van der Waals surface area contributed by atoms with Gasteiger partial charge in [-0.05, 0) is 18.2 Å². The summed E-state index contributed by atoms with van der Waals surface area (Å²) in [7, 11) is 0. The molecule has 3 aromatic rings. The van der Waals surface area contributed by atoms with E-state index in [1.807, 2.05) is 24.3 Å². The minimum Gasteiger partial charge on any atom is -0.243 e. The predicted molar refractivity (Wildman–Crippen MR) is 67.1 cm³/mol. The Balaban J connectivity index is 2.57. The molecule has 0 spiro atoms. The lowest BCUT2D eigenvalue weighted by atomic mass is 10.2. The Morgan fingerprint density at radius 2 is 1.93 bits per heavy atom. The van der Waals surface area contributed by atoms with E-state index in [1.54, 1.807) is 17.5 Å². The van der Waals surface area contributed by atoms with Crippen molar-refractivity contribution in [1.82, 2.24) is 4.98 Å². The minimum absolute atomic E-state index is 0.560. The van der Waals surface area contributed by atoms with Crippen molar-refractivity contribution in [3.8, 4) is 0 Å². The van der Waals surface area contributed by atoms with Crippen molar-refractivity contribution in [3.05, 3.63) is 40.6 Å². The molecule has 2 aromatic heterocycles. The molecule has 0 unspecified atom stereocenters. The quantitative estimate of drug-likeness (QED) is 0.527. The van der Waals surface area contributed by atoms with Crippen LogP contribution in [0.5, 0.6) is 0 Å². The maximum atomic E-state index is 6.03. The molecule has 0 amide bonds. The lowest BCUT2D eigenvalue weighted by Gasteiger charge is -1.92. The van der Waals surface area contributed by atoms with Crippen molar-refractivity contribution in [2.45, 2.75) is 0 Å². The standard InChI is InChI=1S/C11H5Cl2NS/c12-6-1-2-7-8-3-4-14-11(13)10(8)15-9(7)5-6/h1-5H. The number of benzene rings is 1. The van der Waals surface area contributed by atoms with Crippen LogP contribution in [0.25, 0.3) is 20.2 Å². The molecule has 0 fully saturated rings. The van der Waals surface area contributed by atoms with Gasteiger partial charge in [0, 0.05) is 26.7 Å². The van der Waals surface area contributed by atoms with Crippen LogP contribution in [-0.4, -0.2) is 4.98 Å². The van der Waals surface area contributed by atoms with Crippen LogP contribution < -0.4 is 0 Å². The molecule has 0 aliphatic carbocycles. The van der Waals surface area contributed by atoms with E-state index < -0.39 is 0 Å². The first kappa shape index (κ1) is 9.40. The summed E-state index contributed by atoms with van der Waals surface area (Å²) in [4.78, 5) is 4.07. The lowest BCUT2D eigenvalue weighted by molar-refractivity contribution is 1.37. The highest BCUT2D eigenvalue weighted by Crippen LogP contribution is 2.37. The highest BCUT2D eigenvalue weighted by molar-refractivity contribution is 7.26. The van der Waals surface area contributed by atoms with E-state index in [2.05, 4.69) is 4.98 Å². The third-order valence-corrected chi connectivity index (χ3v) is 4.12. The summed E-state index contributed by atoms with van der Waals surface area (Å²) >= 11 is 13.6. The molecule has 15 heavy (non-hydrogen) atoms. The fourth-order valence-electron chi connectivity index (χ4n) is 1.64. The summed E-state index contributed by atoms with van der Waals surface area (Å²) in [5.41, 5.74) is 0. The molecule has 1 aromatic carbocycles. The molecule has 0 bridgehead atoms. The molecule has 0 aliphatic heterocycles. The zero-order valence-corrected chi connectivity index (χ0v) is 9.83. The van der Waals surface area contributed by atoms with Crippen molar-refractivity contribution in [3.63, 3.8) is 0 Å². The second-order valence-electron chi connectivity index (χ2n) is 3.22. The number of rotatable bonds is 0. The molecule has 2 heterocycles. The number of hydrogen-bond donors (Lipinski definition) is 0. The Labute approximate surface area is 100 Å². The number of halogens is 2. The zero-order valence-electron chi connectivity index (χ0n) is 7.50. The van der Waals surface area contributed by atoms with Crippen LogP contribution in [0.4, 0.5) is 0 Å². The molecule has 0 atom stereocenters. The van der Waals surface area contributed by atoms with Crippen molar-refractivity contribution < 1.29 is 0 Å². The van der Waals surface area contributed by atoms with E-state index >= 15 is 0 Å². The smallest absolute Gasteiger partial charge is 0.146 e. The van der Waals surface area contributed by atoms with E-state index in [-0.39, 0.29) is 0 Å². The fourth-order valence-corrected chi connectivity index (χ4v) is 3.27. The van der Waals surface area contributed by atoms with Crippen LogP contribution in [-0.2, 0) is 0 Å². The van der Waals surface area contributed by atoms with Gasteiger partial charge >= 0.3 is 0 Å². The second-order valence-corrected chi connectivity index (χ2v) is 5.07. The molecule has 74 valence electrons. The molecule has 0 saturated carbocycles. The number of hydrogen-bond acceptors (Lipinski definition) is 2. The largest absolute Gasteiger partial charge is 0.243 e. The van der Waals surface area contributed by atoms with Gasteiger partial charge in [-0.3, -0.25) is 0 Å². The van der Waals surface area contributed by atoms with E-state index in [0.717, 1.165) is 19.8 Å². The Bertz CT molecular complexity index is 660. The van der Waals surface area contributed by atoms with Crippen molar-refractivity contribution >= 4 is 54.7 Å². The molecular formula is C11H5Cl2NS. The number of nitrogens with zero attached hydrogens (tertiary/aromatic N) is 1. The van der Waals surface area contributed by atoms with Crippen molar-refractivity contribution in [2.24, 2.45) is 0 Å². The summed E-state index contributed by atoms with van der Waals surface area (Å²) < 4.78 is 2.17. The SMILES string of the molecule is Clc1ccc2c(c1)sc1c(Cl)nccc12. The summed E-state index contributed by atoms with van der Waals surface area (Å²) in [6.07, 6.45) is 1.73. The van der Waals surface area contributed by atoms with Gasteiger partial charge in [-0.1, -0.05) is 29.3 Å². The van der Waals surface area contributed by atoms with Gasteiger partial charge in [0.1, 0.15) is 5.15 Å². The Morgan fingerprint density at radius 1 is 1.07 bits per heavy atom. The molecular weight excluding hydrogens is 249 g/mol. The first-order valence-electron chi connectivity index (χ1n) is 4.38. The molecule has 0 saturated heterocycles. The summed E-state index contributed by atoms with van der Waals surface area (Å²) in [5.74, 6) is 0. The molecule has 0 radical (unpaired) electrons. The Morgan fingerprint density at radius 3 is 2.80 bits per heavy atom. The molecule has 4 heteroatoms. The van der Waals surface area contributed by atoms with Crippen molar-refractivity contribution in [1.29, 1.82) is 0 Å². The normalized spacial score (nSPS) is 11.3. The van der Waals surface area contributed by atoms with Gasteiger partial charge in [0.2, 0.25) is 0 Å². The van der Waals surface area contributed by atoms with Gasteiger partial charge in [0.05, 0.1) is 4.70 Å².